The lowest BCUT2D eigenvalue weighted by atomic mass is 10.1. The Morgan fingerprint density at radius 1 is 1.41 bits per heavy atom. The highest BCUT2D eigenvalue weighted by atomic mass is 16.2. The third-order valence-electron chi connectivity index (χ3n) is 2.63. The van der Waals surface area contributed by atoms with Gasteiger partial charge < -0.3 is 4.90 Å². The van der Waals surface area contributed by atoms with Gasteiger partial charge in [0.15, 0.2) is 0 Å². The van der Waals surface area contributed by atoms with Crippen molar-refractivity contribution in [2.24, 2.45) is 0 Å². The van der Waals surface area contributed by atoms with E-state index < -0.39 is 0 Å². The standard InChI is InChI=1S/C13H23N3O/c1-7-8-11-10(12(17)15(5)6)9-14-16(11)13(2,3)4/h9H,7-8H2,1-6H3. The average molecular weight is 237 g/mol. The van der Waals surface area contributed by atoms with E-state index in [1.165, 1.54) is 0 Å². The zero-order valence-electron chi connectivity index (χ0n) is 11.7. The Kier molecular flexibility index (Phi) is 3.96. The van der Waals surface area contributed by atoms with Gasteiger partial charge in [-0.1, -0.05) is 13.3 Å². The summed E-state index contributed by atoms with van der Waals surface area (Å²) in [7, 11) is 3.54. The zero-order valence-corrected chi connectivity index (χ0v) is 11.7. The molecule has 96 valence electrons. The van der Waals surface area contributed by atoms with Crippen LogP contribution in [0.5, 0.6) is 0 Å². The van der Waals surface area contributed by atoms with Crippen molar-refractivity contribution in [2.75, 3.05) is 14.1 Å². The molecular formula is C13H23N3O. The lowest BCUT2D eigenvalue weighted by Crippen LogP contribution is -2.27. The molecule has 1 aromatic heterocycles. The van der Waals surface area contributed by atoms with E-state index in [0.717, 1.165) is 24.1 Å². The molecule has 0 aromatic carbocycles. The van der Waals surface area contributed by atoms with Crippen LogP contribution in [0.4, 0.5) is 0 Å². The topological polar surface area (TPSA) is 38.1 Å². The lowest BCUT2D eigenvalue weighted by molar-refractivity contribution is 0.0826. The van der Waals surface area contributed by atoms with Crippen molar-refractivity contribution < 1.29 is 4.79 Å². The second kappa shape index (κ2) is 4.90. The molecule has 0 unspecified atom stereocenters. The fraction of sp³-hybridized carbons (Fsp3) is 0.692. The Morgan fingerprint density at radius 2 is 2.00 bits per heavy atom. The number of carbonyl (C=O) groups is 1. The Balaban J connectivity index is 3.25. The summed E-state index contributed by atoms with van der Waals surface area (Å²) in [5, 5.41) is 4.38. The van der Waals surface area contributed by atoms with Crippen LogP contribution in [0.3, 0.4) is 0 Å². The van der Waals surface area contributed by atoms with Crippen molar-refractivity contribution in [3.8, 4) is 0 Å². The summed E-state index contributed by atoms with van der Waals surface area (Å²) in [6.45, 7) is 8.42. The van der Waals surface area contributed by atoms with Crippen molar-refractivity contribution in [1.82, 2.24) is 14.7 Å². The quantitative estimate of drug-likeness (QED) is 0.809. The van der Waals surface area contributed by atoms with Gasteiger partial charge >= 0.3 is 0 Å². The summed E-state index contributed by atoms with van der Waals surface area (Å²) < 4.78 is 1.97. The van der Waals surface area contributed by atoms with Gasteiger partial charge in [-0.3, -0.25) is 9.48 Å². The van der Waals surface area contributed by atoms with Crippen LogP contribution < -0.4 is 0 Å². The molecule has 0 aliphatic heterocycles. The van der Waals surface area contributed by atoms with E-state index in [2.05, 4.69) is 32.8 Å². The van der Waals surface area contributed by atoms with Crippen LogP contribution in [0.2, 0.25) is 0 Å². The number of nitrogens with zero attached hydrogens (tertiary/aromatic N) is 3. The highest BCUT2D eigenvalue weighted by Gasteiger charge is 2.24. The van der Waals surface area contributed by atoms with Crippen LogP contribution in [0.25, 0.3) is 0 Å². The molecule has 1 rings (SSSR count). The first-order valence-corrected chi connectivity index (χ1v) is 6.08. The Labute approximate surface area is 104 Å². The maximum Gasteiger partial charge on any atom is 0.256 e. The molecule has 1 amide bonds. The molecule has 1 heterocycles. The number of rotatable bonds is 3. The lowest BCUT2D eigenvalue weighted by Gasteiger charge is -2.23. The Morgan fingerprint density at radius 3 is 2.41 bits per heavy atom. The van der Waals surface area contributed by atoms with Crippen LogP contribution in [-0.2, 0) is 12.0 Å². The van der Waals surface area contributed by atoms with E-state index in [0.29, 0.717) is 0 Å². The van der Waals surface area contributed by atoms with Gasteiger partial charge in [0.25, 0.3) is 5.91 Å². The number of hydrogen-bond acceptors (Lipinski definition) is 2. The van der Waals surface area contributed by atoms with Crippen molar-refractivity contribution in [1.29, 1.82) is 0 Å². The van der Waals surface area contributed by atoms with Gasteiger partial charge in [0, 0.05) is 14.1 Å². The molecule has 0 N–H and O–H groups in total. The van der Waals surface area contributed by atoms with E-state index in [4.69, 9.17) is 0 Å². The number of carbonyl (C=O) groups excluding carboxylic acids is 1. The molecule has 0 radical (unpaired) electrons. The molecule has 0 saturated carbocycles. The molecule has 4 nitrogen and oxygen atoms in total. The van der Waals surface area contributed by atoms with E-state index in [-0.39, 0.29) is 11.4 Å². The molecule has 0 spiro atoms. The van der Waals surface area contributed by atoms with Gasteiger partial charge in [0.1, 0.15) is 0 Å². The van der Waals surface area contributed by atoms with Gasteiger partial charge in [-0.25, -0.2) is 0 Å². The Bertz CT molecular complexity index is 399. The van der Waals surface area contributed by atoms with Gasteiger partial charge in [0.2, 0.25) is 0 Å². The largest absolute Gasteiger partial charge is 0.345 e. The molecule has 1 aromatic rings. The summed E-state index contributed by atoms with van der Waals surface area (Å²) in [4.78, 5) is 13.7. The average Bonchev–Trinajstić information content (AvgIpc) is 2.60. The number of aromatic nitrogens is 2. The van der Waals surface area contributed by atoms with Crippen molar-refractivity contribution in [2.45, 2.75) is 46.1 Å². The van der Waals surface area contributed by atoms with Crippen LogP contribution in [0.1, 0.15) is 50.2 Å². The fourth-order valence-corrected chi connectivity index (χ4v) is 1.85. The highest BCUT2D eigenvalue weighted by Crippen LogP contribution is 2.21. The summed E-state index contributed by atoms with van der Waals surface area (Å²) in [6.07, 6.45) is 3.58. The molecule has 0 bridgehead atoms. The van der Waals surface area contributed by atoms with Crippen LogP contribution in [0, 0.1) is 0 Å². The minimum Gasteiger partial charge on any atom is -0.345 e. The predicted octanol–water partition coefficient (Wildman–Crippen LogP) is 2.29. The molecule has 4 heteroatoms. The summed E-state index contributed by atoms with van der Waals surface area (Å²) in [5.74, 6) is 0.0314. The van der Waals surface area contributed by atoms with E-state index in [1.807, 2.05) is 4.68 Å². The molecule has 0 aliphatic carbocycles. The maximum atomic E-state index is 12.1. The first-order chi connectivity index (χ1) is 7.79. The van der Waals surface area contributed by atoms with Crippen LogP contribution in [-0.4, -0.2) is 34.7 Å². The molecule has 0 atom stereocenters. The molecule has 0 aliphatic rings. The number of amides is 1. The third kappa shape index (κ3) is 2.87. The van der Waals surface area contributed by atoms with Crippen molar-refractivity contribution >= 4 is 5.91 Å². The van der Waals surface area contributed by atoms with E-state index in [1.54, 1.807) is 25.2 Å². The first kappa shape index (κ1) is 13.7. The van der Waals surface area contributed by atoms with Gasteiger partial charge in [0.05, 0.1) is 23.0 Å². The monoisotopic (exact) mass is 237 g/mol. The van der Waals surface area contributed by atoms with Crippen molar-refractivity contribution in [3.05, 3.63) is 17.5 Å². The number of hydrogen-bond donors (Lipinski definition) is 0. The molecular weight excluding hydrogens is 214 g/mol. The normalized spacial score (nSPS) is 11.6. The van der Waals surface area contributed by atoms with Gasteiger partial charge in [-0.05, 0) is 27.2 Å². The molecule has 17 heavy (non-hydrogen) atoms. The molecule has 0 fully saturated rings. The fourth-order valence-electron chi connectivity index (χ4n) is 1.85. The smallest absolute Gasteiger partial charge is 0.256 e. The second-order valence-electron chi connectivity index (χ2n) is 5.54. The van der Waals surface area contributed by atoms with Gasteiger partial charge in [-0.15, -0.1) is 0 Å². The summed E-state index contributed by atoms with van der Waals surface area (Å²) in [6, 6.07) is 0. The minimum absolute atomic E-state index is 0.0314. The second-order valence-corrected chi connectivity index (χ2v) is 5.54. The highest BCUT2D eigenvalue weighted by molar-refractivity contribution is 5.94. The minimum atomic E-state index is -0.0880. The third-order valence-corrected chi connectivity index (χ3v) is 2.63. The summed E-state index contributed by atoms with van der Waals surface area (Å²) >= 11 is 0. The molecule has 0 saturated heterocycles. The maximum absolute atomic E-state index is 12.1. The van der Waals surface area contributed by atoms with Crippen LogP contribution in [0.15, 0.2) is 6.20 Å². The SMILES string of the molecule is CCCc1c(C(=O)N(C)C)cnn1C(C)(C)C. The van der Waals surface area contributed by atoms with E-state index in [9.17, 15) is 4.79 Å². The first-order valence-electron chi connectivity index (χ1n) is 6.08. The predicted molar refractivity (Wildman–Crippen MR) is 69.2 cm³/mol. The van der Waals surface area contributed by atoms with Gasteiger partial charge in [-0.2, -0.15) is 5.10 Å². The Hall–Kier alpha value is -1.32. The zero-order chi connectivity index (χ0) is 13.2. The van der Waals surface area contributed by atoms with Crippen LogP contribution >= 0.6 is 0 Å². The van der Waals surface area contributed by atoms with Crippen molar-refractivity contribution in [3.63, 3.8) is 0 Å². The van der Waals surface area contributed by atoms with E-state index >= 15 is 0 Å². The summed E-state index contributed by atoms with van der Waals surface area (Å²) in [5.41, 5.74) is 1.68.